The molecule has 0 aromatic carbocycles. The SMILES string of the molecule is CCCC1CCC(NC)C(N2CCN(C)C(CC)C2)C1. The maximum Gasteiger partial charge on any atom is 0.0253 e. The first-order chi connectivity index (χ1) is 9.69. The summed E-state index contributed by atoms with van der Waals surface area (Å²) in [6.07, 6.45) is 8.28. The average Bonchev–Trinajstić information content (AvgIpc) is 2.48. The number of rotatable bonds is 5. The third-order valence-electron chi connectivity index (χ3n) is 5.74. The van der Waals surface area contributed by atoms with Crippen LogP contribution in [0.15, 0.2) is 0 Å². The Hall–Kier alpha value is -0.120. The first-order valence-corrected chi connectivity index (χ1v) is 8.81. The van der Waals surface area contributed by atoms with Crippen molar-refractivity contribution in [1.82, 2.24) is 15.1 Å². The van der Waals surface area contributed by atoms with Gasteiger partial charge in [0.2, 0.25) is 0 Å². The standard InChI is InChI=1S/C17H35N3/c1-5-7-14-8-9-16(18-3)17(12-14)20-11-10-19(4)15(6-2)13-20/h14-18H,5-13H2,1-4H3. The maximum absolute atomic E-state index is 3.60. The highest BCUT2D eigenvalue weighted by Crippen LogP contribution is 2.32. The van der Waals surface area contributed by atoms with E-state index < -0.39 is 0 Å². The van der Waals surface area contributed by atoms with Gasteiger partial charge in [-0.15, -0.1) is 0 Å². The van der Waals surface area contributed by atoms with Crippen molar-refractivity contribution in [3.05, 3.63) is 0 Å². The minimum atomic E-state index is 0.712. The summed E-state index contributed by atoms with van der Waals surface area (Å²) < 4.78 is 0. The Morgan fingerprint density at radius 2 is 1.95 bits per heavy atom. The van der Waals surface area contributed by atoms with Crippen LogP contribution < -0.4 is 5.32 Å². The Balaban J connectivity index is 1.99. The molecule has 0 spiro atoms. The Morgan fingerprint density at radius 1 is 1.15 bits per heavy atom. The van der Waals surface area contributed by atoms with Crippen LogP contribution in [0.2, 0.25) is 0 Å². The highest BCUT2D eigenvalue weighted by Gasteiger charge is 2.36. The summed E-state index contributed by atoms with van der Waals surface area (Å²) >= 11 is 0. The van der Waals surface area contributed by atoms with Gasteiger partial charge in [-0.1, -0.05) is 26.7 Å². The zero-order chi connectivity index (χ0) is 14.5. The number of nitrogens with one attached hydrogen (secondary N) is 1. The van der Waals surface area contributed by atoms with Gasteiger partial charge in [0.05, 0.1) is 0 Å². The quantitative estimate of drug-likeness (QED) is 0.835. The molecule has 20 heavy (non-hydrogen) atoms. The number of hydrogen-bond donors (Lipinski definition) is 1. The van der Waals surface area contributed by atoms with E-state index in [1.807, 2.05) is 0 Å². The smallest absolute Gasteiger partial charge is 0.0253 e. The summed E-state index contributed by atoms with van der Waals surface area (Å²) in [5.41, 5.74) is 0. The van der Waals surface area contributed by atoms with Crippen molar-refractivity contribution >= 4 is 0 Å². The second-order valence-electron chi connectivity index (χ2n) is 6.97. The van der Waals surface area contributed by atoms with E-state index in [1.165, 1.54) is 58.2 Å². The summed E-state index contributed by atoms with van der Waals surface area (Å²) in [6, 6.07) is 2.24. The van der Waals surface area contributed by atoms with E-state index >= 15 is 0 Å². The number of hydrogen-bond acceptors (Lipinski definition) is 3. The molecule has 1 aliphatic carbocycles. The molecule has 2 aliphatic rings. The summed E-state index contributed by atoms with van der Waals surface area (Å²) in [5.74, 6) is 0.967. The molecule has 3 heteroatoms. The molecule has 118 valence electrons. The first kappa shape index (κ1) is 16.3. The molecular formula is C17H35N3. The zero-order valence-corrected chi connectivity index (χ0v) is 14.1. The van der Waals surface area contributed by atoms with Gasteiger partial charge in [-0.05, 0) is 45.7 Å². The lowest BCUT2D eigenvalue weighted by Gasteiger charge is -2.48. The van der Waals surface area contributed by atoms with E-state index in [0.717, 1.165) is 18.0 Å². The van der Waals surface area contributed by atoms with Gasteiger partial charge in [0.15, 0.2) is 0 Å². The minimum absolute atomic E-state index is 0.712. The lowest BCUT2D eigenvalue weighted by Crippen LogP contribution is -2.60. The van der Waals surface area contributed by atoms with Crippen molar-refractivity contribution in [2.24, 2.45) is 5.92 Å². The monoisotopic (exact) mass is 281 g/mol. The minimum Gasteiger partial charge on any atom is -0.315 e. The molecule has 0 amide bonds. The van der Waals surface area contributed by atoms with Crippen LogP contribution in [0.3, 0.4) is 0 Å². The van der Waals surface area contributed by atoms with E-state index in [9.17, 15) is 0 Å². The van der Waals surface area contributed by atoms with Crippen LogP contribution in [0.4, 0.5) is 0 Å². The highest BCUT2D eigenvalue weighted by molar-refractivity contribution is 4.93. The number of piperazine rings is 1. The van der Waals surface area contributed by atoms with E-state index in [-0.39, 0.29) is 0 Å². The van der Waals surface area contributed by atoms with Gasteiger partial charge in [-0.25, -0.2) is 0 Å². The van der Waals surface area contributed by atoms with Gasteiger partial charge in [-0.2, -0.15) is 0 Å². The summed E-state index contributed by atoms with van der Waals surface area (Å²) in [6.45, 7) is 8.44. The van der Waals surface area contributed by atoms with Gasteiger partial charge in [0.1, 0.15) is 0 Å². The number of nitrogens with zero attached hydrogens (tertiary/aromatic N) is 2. The lowest BCUT2D eigenvalue weighted by atomic mass is 9.79. The Kier molecular flexibility index (Phi) is 6.31. The zero-order valence-electron chi connectivity index (χ0n) is 14.1. The van der Waals surface area contributed by atoms with Crippen molar-refractivity contribution < 1.29 is 0 Å². The molecular weight excluding hydrogens is 246 g/mol. The molecule has 4 atom stereocenters. The van der Waals surface area contributed by atoms with Gasteiger partial charge in [0, 0.05) is 37.8 Å². The fraction of sp³-hybridized carbons (Fsp3) is 1.00. The molecule has 0 bridgehead atoms. The van der Waals surface area contributed by atoms with Crippen molar-refractivity contribution in [1.29, 1.82) is 0 Å². The fourth-order valence-electron chi connectivity index (χ4n) is 4.35. The molecule has 0 aromatic rings. The fourth-order valence-corrected chi connectivity index (χ4v) is 4.35. The molecule has 1 N–H and O–H groups in total. The van der Waals surface area contributed by atoms with E-state index in [4.69, 9.17) is 0 Å². The Labute approximate surface area is 126 Å². The Morgan fingerprint density at radius 3 is 2.60 bits per heavy atom. The average molecular weight is 281 g/mol. The predicted octanol–water partition coefficient (Wildman–Crippen LogP) is 2.57. The van der Waals surface area contributed by atoms with Crippen LogP contribution in [0.1, 0.15) is 52.4 Å². The molecule has 0 aromatic heterocycles. The van der Waals surface area contributed by atoms with Crippen LogP contribution in [0.25, 0.3) is 0 Å². The molecule has 1 saturated carbocycles. The third-order valence-corrected chi connectivity index (χ3v) is 5.74. The maximum atomic E-state index is 3.60. The summed E-state index contributed by atoms with van der Waals surface area (Å²) in [5, 5.41) is 3.60. The van der Waals surface area contributed by atoms with Gasteiger partial charge in [-0.3, -0.25) is 4.90 Å². The van der Waals surface area contributed by atoms with E-state index in [2.05, 4.69) is 43.1 Å². The highest BCUT2D eigenvalue weighted by atomic mass is 15.3. The molecule has 3 nitrogen and oxygen atoms in total. The second kappa shape index (κ2) is 7.77. The van der Waals surface area contributed by atoms with Crippen molar-refractivity contribution in [3.63, 3.8) is 0 Å². The van der Waals surface area contributed by atoms with Gasteiger partial charge < -0.3 is 10.2 Å². The first-order valence-electron chi connectivity index (χ1n) is 8.81. The van der Waals surface area contributed by atoms with Crippen LogP contribution >= 0.6 is 0 Å². The molecule has 1 saturated heterocycles. The predicted molar refractivity (Wildman–Crippen MR) is 87.2 cm³/mol. The van der Waals surface area contributed by atoms with Gasteiger partial charge in [0.25, 0.3) is 0 Å². The topological polar surface area (TPSA) is 18.5 Å². The normalized spacial score (nSPS) is 37.2. The lowest BCUT2D eigenvalue weighted by molar-refractivity contribution is 0.0254. The van der Waals surface area contributed by atoms with E-state index in [1.54, 1.807) is 0 Å². The van der Waals surface area contributed by atoms with Crippen LogP contribution in [-0.2, 0) is 0 Å². The van der Waals surface area contributed by atoms with Crippen molar-refractivity contribution in [3.8, 4) is 0 Å². The van der Waals surface area contributed by atoms with Crippen LogP contribution in [0.5, 0.6) is 0 Å². The molecule has 1 heterocycles. The Bertz CT molecular complexity index is 281. The molecule has 1 aliphatic heterocycles. The van der Waals surface area contributed by atoms with Gasteiger partial charge >= 0.3 is 0 Å². The van der Waals surface area contributed by atoms with Crippen molar-refractivity contribution in [2.75, 3.05) is 33.7 Å². The van der Waals surface area contributed by atoms with Crippen LogP contribution in [-0.4, -0.2) is 61.7 Å². The molecule has 2 rings (SSSR count). The van der Waals surface area contributed by atoms with E-state index in [0.29, 0.717) is 6.04 Å². The van der Waals surface area contributed by atoms with Crippen LogP contribution in [0, 0.1) is 5.92 Å². The summed E-state index contributed by atoms with van der Waals surface area (Å²) in [7, 11) is 4.45. The third kappa shape index (κ3) is 3.75. The molecule has 4 unspecified atom stereocenters. The summed E-state index contributed by atoms with van der Waals surface area (Å²) in [4.78, 5) is 5.36. The second-order valence-corrected chi connectivity index (χ2v) is 6.97. The van der Waals surface area contributed by atoms with Crippen molar-refractivity contribution in [2.45, 2.75) is 70.5 Å². The molecule has 2 fully saturated rings. The largest absolute Gasteiger partial charge is 0.315 e. The number of likely N-dealkylation sites (N-methyl/N-ethyl adjacent to an activating group) is 2. The molecule has 0 radical (unpaired) electrons.